The number of carbonyl (C=O) groups is 1. The highest BCUT2D eigenvalue weighted by molar-refractivity contribution is 5.90. The number of rotatable bonds is 5. The highest BCUT2D eigenvalue weighted by Crippen LogP contribution is 2.10. The molecular weight excluding hydrogens is 230 g/mol. The Morgan fingerprint density at radius 1 is 1.33 bits per heavy atom. The number of anilines is 1. The maximum atomic E-state index is 11.7. The van der Waals surface area contributed by atoms with Crippen LogP contribution in [0.2, 0.25) is 0 Å². The summed E-state index contributed by atoms with van der Waals surface area (Å²) in [5.41, 5.74) is 2.06. The molecule has 0 saturated carbocycles. The molecule has 2 rings (SSSR count). The maximum absolute atomic E-state index is 11.7. The van der Waals surface area contributed by atoms with E-state index in [-0.39, 0.29) is 12.5 Å². The van der Waals surface area contributed by atoms with Crippen LogP contribution in [0.15, 0.2) is 30.6 Å². The van der Waals surface area contributed by atoms with E-state index < -0.39 is 0 Å². The lowest BCUT2D eigenvalue weighted by molar-refractivity contribution is -0.116. The molecular formula is C12H15N5O. The van der Waals surface area contributed by atoms with Crippen LogP contribution in [0.4, 0.5) is 5.69 Å². The molecule has 0 atom stereocenters. The van der Waals surface area contributed by atoms with Crippen LogP contribution >= 0.6 is 0 Å². The van der Waals surface area contributed by atoms with Gasteiger partial charge in [0.2, 0.25) is 5.91 Å². The first kappa shape index (κ1) is 12.2. The second-order valence-corrected chi connectivity index (χ2v) is 4.00. The number of aromatic nitrogens is 4. The predicted molar refractivity (Wildman–Crippen MR) is 66.9 cm³/mol. The van der Waals surface area contributed by atoms with E-state index in [4.69, 9.17) is 0 Å². The lowest BCUT2D eigenvalue weighted by Crippen LogP contribution is -2.19. The Morgan fingerprint density at radius 3 is 2.72 bits per heavy atom. The lowest BCUT2D eigenvalue weighted by atomic mass is 10.1. The Hall–Kier alpha value is -2.24. The van der Waals surface area contributed by atoms with Crippen molar-refractivity contribution >= 4 is 11.6 Å². The van der Waals surface area contributed by atoms with E-state index in [0.29, 0.717) is 0 Å². The van der Waals surface area contributed by atoms with E-state index in [9.17, 15) is 4.79 Å². The quantitative estimate of drug-likeness (QED) is 0.860. The number of hydrogen-bond acceptors (Lipinski definition) is 4. The fourth-order valence-corrected chi connectivity index (χ4v) is 1.64. The number of hydrogen-bond donors (Lipinski definition) is 1. The number of nitrogens with zero attached hydrogens (tertiary/aromatic N) is 4. The van der Waals surface area contributed by atoms with Crippen LogP contribution in [0.25, 0.3) is 0 Å². The van der Waals surface area contributed by atoms with Crippen LogP contribution in [0, 0.1) is 0 Å². The maximum Gasteiger partial charge on any atom is 0.246 e. The monoisotopic (exact) mass is 245 g/mol. The molecule has 94 valence electrons. The van der Waals surface area contributed by atoms with Gasteiger partial charge in [-0.3, -0.25) is 4.79 Å². The molecule has 0 radical (unpaired) electrons. The van der Waals surface area contributed by atoms with Crippen molar-refractivity contribution in [3.05, 3.63) is 36.2 Å². The van der Waals surface area contributed by atoms with Gasteiger partial charge < -0.3 is 5.32 Å². The molecule has 1 aromatic carbocycles. The molecule has 1 amide bonds. The molecule has 0 saturated heterocycles. The molecule has 1 heterocycles. The van der Waals surface area contributed by atoms with Gasteiger partial charge in [-0.15, -0.1) is 5.10 Å². The summed E-state index contributed by atoms with van der Waals surface area (Å²) in [6, 6.07) is 7.86. The highest BCUT2D eigenvalue weighted by atomic mass is 16.2. The number of nitrogens with one attached hydrogen (secondary N) is 1. The summed E-state index contributed by atoms with van der Waals surface area (Å²) in [6.45, 7) is 2.26. The first-order valence-electron chi connectivity index (χ1n) is 5.87. The Kier molecular flexibility index (Phi) is 4.01. The van der Waals surface area contributed by atoms with Crippen molar-refractivity contribution in [1.82, 2.24) is 20.2 Å². The second-order valence-electron chi connectivity index (χ2n) is 4.00. The molecule has 2 aromatic rings. The molecule has 0 fully saturated rings. The molecule has 6 heteroatoms. The van der Waals surface area contributed by atoms with E-state index in [0.717, 1.165) is 18.5 Å². The van der Waals surface area contributed by atoms with E-state index in [1.807, 2.05) is 24.3 Å². The molecule has 0 spiro atoms. The average molecular weight is 245 g/mol. The van der Waals surface area contributed by atoms with Gasteiger partial charge in [0.25, 0.3) is 0 Å². The van der Waals surface area contributed by atoms with Crippen LogP contribution in [0.1, 0.15) is 18.9 Å². The Balaban J connectivity index is 1.90. The zero-order chi connectivity index (χ0) is 12.8. The Morgan fingerprint density at radius 2 is 2.11 bits per heavy atom. The van der Waals surface area contributed by atoms with Crippen molar-refractivity contribution in [3.63, 3.8) is 0 Å². The number of tetrazole rings is 1. The fraction of sp³-hybridized carbons (Fsp3) is 0.333. The number of amides is 1. The molecule has 0 aliphatic carbocycles. The van der Waals surface area contributed by atoms with E-state index in [1.54, 1.807) is 0 Å². The minimum Gasteiger partial charge on any atom is -0.324 e. The first-order chi connectivity index (χ1) is 8.78. The van der Waals surface area contributed by atoms with E-state index in [2.05, 4.69) is 27.8 Å². The second kappa shape index (κ2) is 5.90. The van der Waals surface area contributed by atoms with Crippen LogP contribution in [0.5, 0.6) is 0 Å². The highest BCUT2D eigenvalue weighted by Gasteiger charge is 2.04. The van der Waals surface area contributed by atoms with Gasteiger partial charge in [-0.1, -0.05) is 25.5 Å². The summed E-state index contributed by atoms with van der Waals surface area (Å²) in [4.78, 5) is 11.7. The first-order valence-corrected chi connectivity index (χ1v) is 5.87. The van der Waals surface area contributed by atoms with Crippen molar-refractivity contribution in [2.24, 2.45) is 0 Å². The molecule has 6 nitrogen and oxygen atoms in total. The summed E-state index contributed by atoms with van der Waals surface area (Å²) in [6.07, 6.45) is 3.58. The topological polar surface area (TPSA) is 72.7 Å². The van der Waals surface area contributed by atoms with Crippen molar-refractivity contribution in [3.8, 4) is 0 Å². The number of aryl methyl sites for hydroxylation is 1. The van der Waals surface area contributed by atoms with Gasteiger partial charge in [0.05, 0.1) is 0 Å². The summed E-state index contributed by atoms with van der Waals surface area (Å²) >= 11 is 0. The zero-order valence-electron chi connectivity index (χ0n) is 10.2. The molecule has 0 unspecified atom stereocenters. The number of benzene rings is 1. The molecule has 0 aliphatic heterocycles. The Bertz CT molecular complexity index is 492. The van der Waals surface area contributed by atoms with Crippen molar-refractivity contribution in [2.45, 2.75) is 26.3 Å². The third-order valence-electron chi connectivity index (χ3n) is 2.47. The fourth-order valence-electron chi connectivity index (χ4n) is 1.64. The minimum atomic E-state index is -0.148. The summed E-state index contributed by atoms with van der Waals surface area (Å²) in [5.74, 6) is -0.148. The van der Waals surface area contributed by atoms with E-state index in [1.165, 1.54) is 16.6 Å². The standard InChI is InChI=1S/C12H15N5O/c1-2-3-10-4-6-11(7-5-10)14-12(18)8-17-9-13-15-16-17/h4-7,9H,2-3,8H2,1H3,(H,14,18). The van der Waals surface area contributed by atoms with Gasteiger partial charge in [0.1, 0.15) is 12.9 Å². The van der Waals surface area contributed by atoms with Gasteiger partial charge in [-0.25, -0.2) is 4.68 Å². The molecule has 1 aromatic heterocycles. The smallest absolute Gasteiger partial charge is 0.246 e. The minimum absolute atomic E-state index is 0.115. The summed E-state index contributed by atoms with van der Waals surface area (Å²) < 4.78 is 1.38. The van der Waals surface area contributed by atoms with Gasteiger partial charge in [-0.2, -0.15) is 0 Å². The third-order valence-corrected chi connectivity index (χ3v) is 2.47. The average Bonchev–Trinajstić information content (AvgIpc) is 2.84. The Labute approximate surface area is 105 Å². The van der Waals surface area contributed by atoms with Gasteiger partial charge >= 0.3 is 0 Å². The van der Waals surface area contributed by atoms with Gasteiger partial charge in [0, 0.05) is 5.69 Å². The normalized spacial score (nSPS) is 10.3. The van der Waals surface area contributed by atoms with E-state index >= 15 is 0 Å². The molecule has 0 aliphatic rings. The van der Waals surface area contributed by atoms with Crippen LogP contribution in [0.3, 0.4) is 0 Å². The molecule has 0 bridgehead atoms. The third kappa shape index (κ3) is 3.38. The summed E-state index contributed by atoms with van der Waals surface area (Å²) in [7, 11) is 0. The number of carbonyl (C=O) groups excluding carboxylic acids is 1. The zero-order valence-corrected chi connectivity index (χ0v) is 10.2. The SMILES string of the molecule is CCCc1ccc(NC(=O)Cn2cnnn2)cc1. The van der Waals surface area contributed by atoms with Crippen molar-refractivity contribution in [1.29, 1.82) is 0 Å². The molecule has 1 N–H and O–H groups in total. The molecule has 18 heavy (non-hydrogen) atoms. The lowest BCUT2D eigenvalue weighted by Gasteiger charge is -2.05. The van der Waals surface area contributed by atoms with Crippen LogP contribution < -0.4 is 5.32 Å². The van der Waals surface area contributed by atoms with Crippen molar-refractivity contribution in [2.75, 3.05) is 5.32 Å². The largest absolute Gasteiger partial charge is 0.324 e. The summed E-state index contributed by atoms with van der Waals surface area (Å²) in [5, 5.41) is 13.4. The van der Waals surface area contributed by atoms with Gasteiger partial charge in [-0.05, 0) is 34.5 Å². The predicted octanol–water partition coefficient (Wildman–Crippen LogP) is 1.26. The van der Waals surface area contributed by atoms with Crippen LogP contribution in [-0.2, 0) is 17.8 Å². The van der Waals surface area contributed by atoms with Crippen LogP contribution in [-0.4, -0.2) is 26.1 Å². The van der Waals surface area contributed by atoms with Crippen molar-refractivity contribution < 1.29 is 4.79 Å². The van der Waals surface area contributed by atoms with Gasteiger partial charge in [0.15, 0.2) is 0 Å².